The fourth-order valence-electron chi connectivity index (χ4n) is 1.69. The van der Waals surface area contributed by atoms with Crippen molar-refractivity contribution in [1.82, 2.24) is 9.80 Å². The van der Waals surface area contributed by atoms with Gasteiger partial charge in [0.05, 0.1) is 0 Å². The Morgan fingerprint density at radius 3 is 2.85 bits per heavy atom. The summed E-state index contributed by atoms with van der Waals surface area (Å²) in [5.41, 5.74) is 10.6. The van der Waals surface area contributed by atoms with Crippen LogP contribution >= 0.6 is 0 Å². The largest absolute Gasteiger partial charge is 0.351 e. The molecule has 13 heavy (non-hydrogen) atoms. The number of amides is 2. The van der Waals surface area contributed by atoms with E-state index >= 15 is 0 Å². The smallest absolute Gasteiger partial charge is 0.314 e. The van der Waals surface area contributed by atoms with Gasteiger partial charge in [-0.05, 0) is 13.5 Å². The molecule has 1 unspecified atom stereocenters. The minimum absolute atomic E-state index is 0.316. The Labute approximate surface area is 78.6 Å². The second-order valence-electron chi connectivity index (χ2n) is 3.50. The molecule has 76 valence electrons. The Morgan fingerprint density at radius 2 is 2.38 bits per heavy atom. The molecule has 5 nitrogen and oxygen atoms in total. The molecule has 0 spiro atoms. The van der Waals surface area contributed by atoms with Crippen molar-refractivity contribution >= 4 is 6.03 Å². The molecule has 1 rings (SSSR count). The van der Waals surface area contributed by atoms with E-state index in [9.17, 15) is 4.79 Å². The maximum absolute atomic E-state index is 10.8. The summed E-state index contributed by atoms with van der Waals surface area (Å²) in [7, 11) is 2.03. The molecule has 0 saturated carbocycles. The molecular formula is C8H18N4O. The lowest BCUT2D eigenvalue weighted by molar-refractivity contribution is 0.208. The second kappa shape index (κ2) is 4.43. The van der Waals surface area contributed by atoms with Gasteiger partial charge in [0.15, 0.2) is 0 Å². The second-order valence-corrected chi connectivity index (χ2v) is 3.50. The highest BCUT2D eigenvalue weighted by Gasteiger charge is 2.26. The third-order valence-electron chi connectivity index (χ3n) is 2.58. The molecule has 0 radical (unpaired) electrons. The van der Waals surface area contributed by atoms with Crippen molar-refractivity contribution < 1.29 is 4.79 Å². The van der Waals surface area contributed by atoms with Crippen LogP contribution in [0.25, 0.3) is 0 Å². The lowest BCUT2D eigenvalue weighted by Crippen LogP contribution is -2.40. The standard InChI is InChI=1S/C8H18N4O/c1-11(5-3-9)7-2-4-12(6-7)8(10)13/h7H,2-6,9H2,1H3,(H2,10,13). The number of likely N-dealkylation sites (N-methyl/N-ethyl adjacent to an activating group) is 1. The number of hydrogen-bond acceptors (Lipinski definition) is 3. The van der Waals surface area contributed by atoms with Crippen LogP contribution in [0.5, 0.6) is 0 Å². The molecular weight excluding hydrogens is 168 g/mol. The summed E-state index contributed by atoms with van der Waals surface area (Å²) in [6.45, 7) is 3.04. The van der Waals surface area contributed by atoms with Crippen molar-refractivity contribution in [1.29, 1.82) is 0 Å². The fourth-order valence-corrected chi connectivity index (χ4v) is 1.69. The molecule has 1 fully saturated rings. The molecule has 1 atom stereocenters. The van der Waals surface area contributed by atoms with Crippen molar-refractivity contribution in [2.75, 3.05) is 33.2 Å². The number of primary amides is 1. The first-order chi connectivity index (χ1) is 6.15. The highest BCUT2D eigenvalue weighted by Crippen LogP contribution is 2.13. The number of nitrogens with zero attached hydrogens (tertiary/aromatic N) is 2. The monoisotopic (exact) mass is 186 g/mol. The minimum atomic E-state index is -0.316. The van der Waals surface area contributed by atoms with E-state index in [4.69, 9.17) is 11.5 Å². The highest BCUT2D eigenvalue weighted by atomic mass is 16.2. The molecule has 1 saturated heterocycles. The number of nitrogens with two attached hydrogens (primary N) is 2. The number of rotatable bonds is 3. The predicted octanol–water partition coefficient (Wildman–Crippen LogP) is -0.970. The van der Waals surface area contributed by atoms with Gasteiger partial charge in [-0.3, -0.25) is 0 Å². The zero-order valence-electron chi connectivity index (χ0n) is 8.07. The van der Waals surface area contributed by atoms with Gasteiger partial charge in [-0.15, -0.1) is 0 Å². The van der Waals surface area contributed by atoms with Crippen molar-refractivity contribution in [3.8, 4) is 0 Å². The van der Waals surface area contributed by atoms with E-state index in [1.165, 1.54) is 0 Å². The van der Waals surface area contributed by atoms with E-state index in [1.54, 1.807) is 4.90 Å². The first-order valence-corrected chi connectivity index (χ1v) is 4.60. The first kappa shape index (κ1) is 10.3. The summed E-state index contributed by atoms with van der Waals surface area (Å²) in [5.74, 6) is 0. The number of likely N-dealkylation sites (tertiary alicyclic amines) is 1. The molecule has 0 aromatic rings. The SMILES string of the molecule is CN(CCN)C1CCN(C(N)=O)C1. The summed E-state index contributed by atoms with van der Waals surface area (Å²) in [5, 5.41) is 0. The van der Waals surface area contributed by atoms with Crippen LogP contribution in [0.2, 0.25) is 0 Å². The van der Waals surface area contributed by atoms with E-state index in [1.807, 2.05) is 7.05 Å². The van der Waals surface area contributed by atoms with Crippen molar-refractivity contribution in [2.24, 2.45) is 11.5 Å². The van der Waals surface area contributed by atoms with Crippen LogP contribution < -0.4 is 11.5 Å². The molecule has 0 bridgehead atoms. The van der Waals surface area contributed by atoms with Crippen LogP contribution in [0, 0.1) is 0 Å². The van der Waals surface area contributed by atoms with Gasteiger partial charge in [0, 0.05) is 32.2 Å². The topological polar surface area (TPSA) is 75.6 Å². The van der Waals surface area contributed by atoms with Gasteiger partial charge in [0.1, 0.15) is 0 Å². The summed E-state index contributed by atoms with van der Waals surface area (Å²) in [6.07, 6.45) is 0.999. The van der Waals surface area contributed by atoms with Crippen LogP contribution in [0.3, 0.4) is 0 Å². The molecule has 5 heteroatoms. The van der Waals surface area contributed by atoms with Crippen LogP contribution in [-0.2, 0) is 0 Å². The van der Waals surface area contributed by atoms with Gasteiger partial charge in [-0.25, -0.2) is 4.79 Å². The Kier molecular flexibility index (Phi) is 3.50. The van der Waals surface area contributed by atoms with E-state index < -0.39 is 0 Å². The van der Waals surface area contributed by atoms with Crippen LogP contribution in [0.1, 0.15) is 6.42 Å². The normalized spacial score (nSPS) is 22.7. The van der Waals surface area contributed by atoms with Gasteiger partial charge in [0.2, 0.25) is 0 Å². The quantitative estimate of drug-likeness (QED) is 0.595. The summed E-state index contributed by atoms with van der Waals surface area (Å²) in [6, 6.07) is 0.111. The predicted molar refractivity (Wildman–Crippen MR) is 51.2 cm³/mol. The van der Waals surface area contributed by atoms with Crippen molar-refractivity contribution in [3.05, 3.63) is 0 Å². The molecule has 0 aliphatic carbocycles. The average molecular weight is 186 g/mol. The Balaban J connectivity index is 2.35. The number of urea groups is 1. The zero-order chi connectivity index (χ0) is 9.84. The third-order valence-corrected chi connectivity index (χ3v) is 2.58. The molecule has 1 heterocycles. The lowest BCUT2D eigenvalue weighted by Gasteiger charge is -2.23. The van der Waals surface area contributed by atoms with Gasteiger partial charge in [-0.1, -0.05) is 0 Å². The van der Waals surface area contributed by atoms with Crippen LogP contribution in [-0.4, -0.2) is 55.1 Å². The van der Waals surface area contributed by atoms with E-state index in [0.29, 0.717) is 12.6 Å². The zero-order valence-corrected chi connectivity index (χ0v) is 8.07. The lowest BCUT2D eigenvalue weighted by atomic mass is 10.2. The molecule has 1 aliphatic heterocycles. The Bertz CT molecular complexity index is 185. The average Bonchev–Trinajstić information content (AvgIpc) is 2.52. The van der Waals surface area contributed by atoms with Gasteiger partial charge < -0.3 is 21.3 Å². The Hall–Kier alpha value is -0.810. The van der Waals surface area contributed by atoms with E-state index in [2.05, 4.69) is 4.90 Å². The third kappa shape index (κ3) is 2.57. The molecule has 4 N–H and O–H groups in total. The van der Waals surface area contributed by atoms with E-state index in [-0.39, 0.29) is 6.03 Å². The first-order valence-electron chi connectivity index (χ1n) is 4.60. The van der Waals surface area contributed by atoms with Crippen molar-refractivity contribution in [3.63, 3.8) is 0 Å². The number of carbonyl (C=O) groups is 1. The maximum atomic E-state index is 10.8. The Morgan fingerprint density at radius 1 is 1.69 bits per heavy atom. The molecule has 2 amide bonds. The van der Waals surface area contributed by atoms with Gasteiger partial charge in [-0.2, -0.15) is 0 Å². The minimum Gasteiger partial charge on any atom is -0.351 e. The number of hydrogen-bond donors (Lipinski definition) is 2. The van der Waals surface area contributed by atoms with Crippen molar-refractivity contribution in [2.45, 2.75) is 12.5 Å². The van der Waals surface area contributed by atoms with Gasteiger partial charge >= 0.3 is 6.03 Å². The maximum Gasteiger partial charge on any atom is 0.314 e. The van der Waals surface area contributed by atoms with E-state index in [0.717, 1.165) is 26.1 Å². The number of carbonyl (C=O) groups excluding carboxylic acids is 1. The fraction of sp³-hybridized carbons (Fsp3) is 0.875. The van der Waals surface area contributed by atoms with Crippen LogP contribution in [0.4, 0.5) is 4.79 Å². The highest BCUT2D eigenvalue weighted by molar-refractivity contribution is 5.72. The summed E-state index contributed by atoms with van der Waals surface area (Å²) >= 11 is 0. The van der Waals surface area contributed by atoms with Crippen LogP contribution in [0.15, 0.2) is 0 Å². The molecule has 0 aromatic carbocycles. The summed E-state index contributed by atoms with van der Waals surface area (Å²) < 4.78 is 0. The van der Waals surface area contributed by atoms with Gasteiger partial charge in [0.25, 0.3) is 0 Å². The summed E-state index contributed by atoms with van der Waals surface area (Å²) in [4.78, 5) is 14.7. The molecule has 1 aliphatic rings. The molecule has 0 aromatic heterocycles.